The number of carbonyl (C=O) groups excluding carboxylic acids is 1. The number of sulfonamides is 1. The van der Waals surface area contributed by atoms with Crippen LogP contribution in [-0.4, -0.2) is 20.4 Å². The van der Waals surface area contributed by atoms with E-state index >= 15 is 0 Å². The summed E-state index contributed by atoms with van der Waals surface area (Å²) in [6, 6.07) is 23.6. The molecule has 1 heterocycles. The van der Waals surface area contributed by atoms with Crippen molar-refractivity contribution < 1.29 is 13.2 Å². The van der Waals surface area contributed by atoms with E-state index in [1.54, 1.807) is 12.1 Å². The van der Waals surface area contributed by atoms with Crippen LogP contribution in [0, 0.1) is 0 Å². The lowest BCUT2D eigenvalue weighted by Gasteiger charge is -2.40. The van der Waals surface area contributed by atoms with E-state index in [0.717, 1.165) is 11.3 Å². The highest BCUT2D eigenvalue weighted by molar-refractivity contribution is 7.92. The Kier molecular flexibility index (Phi) is 5.69. The largest absolute Gasteiger partial charge is 0.378 e. The fraction of sp³-hybridized carbons (Fsp3) is 0.208. The van der Waals surface area contributed by atoms with Crippen molar-refractivity contribution in [3.63, 3.8) is 0 Å². The molecule has 0 unspecified atom stereocenters. The van der Waals surface area contributed by atoms with Crippen LogP contribution in [-0.2, 0) is 14.8 Å². The molecule has 0 spiro atoms. The molecular formula is C24H25N3O3S. The molecule has 6 nitrogen and oxygen atoms in total. The van der Waals surface area contributed by atoms with Gasteiger partial charge in [-0.3, -0.25) is 9.10 Å². The number of amides is 1. The molecular weight excluding hydrogens is 410 g/mol. The Balaban J connectivity index is 1.69. The van der Waals surface area contributed by atoms with Gasteiger partial charge in [0.05, 0.1) is 16.6 Å². The first kappa shape index (κ1) is 20.9. The molecule has 160 valence electrons. The number of nitrogens with one attached hydrogen (secondary N) is 2. The summed E-state index contributed by atoms with van der Waals surface area (Å²) in [5, 5.41) is 6.20. The molecule has 0 aliphatic carbocycles. The average molecular weight is 436 g/mol. The van der Waals surface area contributed by atoms with E-state index in [1.807, 2.05) is 61.5 Å². The molecule has 31 heavy (non-hydrogen) atoms. The van der Waals surface area contributed by atoms with E-state index in [0.29, 0.717) is 17.8 Å². The number of para-hydroxylation sites is 2. The van der Waals surface area contributed by atoms with Gasteiger partial charge in [0.2, 0.25) is 5.91 Å². The lowest BCUT2D eigenvalue weighted by Crippen LogP contribution is -2.44. The Morgan fingerprint density at radius 2 is 1.55 bits per heavy atom. The topological polar surface area (TPSA) is 78.5 Å². The van der Waals surface area contributed by atoms with Crippen LogP contribution in [0.5, 0.6) is 0 Å². The molecule has 3 aromatic rings. The van der Waals surface area contributed by atoms with Gasteiger partial charge in [-0.1, -0.05) is 36.4 Å². The number of benzene rings is 3. The minimum Gasteiger partial charge on any atom is -0.378 e. The predicted octanol–water partition coefficient (Wildman–Crippen LogP) is 4.79. The second-order valence-corrected chi connectivity index (χ2v) is 9.53. The Bertz CT molecular complexity index is 1180. The molecule has 0 bridgehead atoms. The smallest absolute Gasteiger partial charge is 0.264 e. The number of fused-ring (bicyclic) bond motifs is 1. The van der Waals surface area contributed by atoms with Gasteiger partial charge in [0, 0.05) is 24.3 Å². The zero-order valence-corrected chi connectivity index (χ0v) is 18.3. The predicted molar refractivity (Wildman–Crippen MR) is 124 cm³/mol. The second-order valence-electron chi connectivity index (χ2n) is 7.71. The van der Waals surface area contributed by atoms with Crippen LogP contribution in [0.1, 0.15) is 31.9 Å². The summed E-state index contributed by atoms with van der Waals surface area (Å²) in [6.07, 6.45) is 0.634. The first-order valence-corrected chi connectivity index (χ1v) is 11.6. The fourth-order valence-electron chi connectivity index (χ4n) is 4.05. The number of hydrogen-bond donors (Lipinski definition) is 2. The Morgan fingerprint density at radius 1 is 0.903 bits per heavy atom. The van der Waals surface area contributed by atoms with E-state index in [2.05, 4.69) is 10.6 Å². The Hall–Kier alpha value is -3.32. The molecule has 1 aliphatic heterocycles. The summed E-state index contributed by atoms with van der Waals surface area (Å²) < 4.78 is 28.7. The maximum atomic E-state index is 13.6. The van der Waals surface area contributed by atoms with Crippen molar-refractivity contribution in [2.45, 2.75) is 37.2 Å². The molecule has 0 radical (unpaired) electrons. The number of rotatable bonds is 5. The van der Waals surface area contributed by atoms with Gasteiger partial charge >= 0.3 is 0 Å². The molecule has 3 aromatic carbocycles. The van der Waals surface area contributed by atoms with Crippen molar-refractivity contribution >= 4 is 33.0 Å². The molecule has 2 N–H and O–H groups in total. The number of anilines is 3. The molecule has 1 amide bonds. The van der Waals surface area contributed by atoms with Crippen LogP contribution in [0.25, 0.3) is 0 Å². The summed E-state index contributed by atoms with van der Waals surface area (Å²) >= 11 is 0. The number of carbonyl (C=O) groups is 1. The first-order chi connectivity index (χ1) is 14.9. The zero-order chi connectivity index (χ0) is 22.0. The summed E-state index contributed by atoms with van der Waals surface area (Å²) in [7, 11) is -3.77. The highest BCUT2D eigenvalue weighted by Gasteiger charge is 2.37. The third-order valence-electron chi connectivity index (χ3n) is 5.37. The lowest BCUT2D eigenvalue weighted by molar-refractivity contribution is -0.114. The van der Waals surface area contributed by atoms with Gasteiger partial charge in [-0.15, -0.1) is 0 Å². The van der Waals surface area contributed by atoms with E-state index in [-0.39, 0.29) is 22.9 Å². The van der Waals surface area contributed by atoms with Crippen molar-refractivity contribution in [3.05, 3.63) is 84.4 Å². The van der Waals surface area contributed by atoms with Crippen LogP contribution in [0.4, 0.5) is 17.1 Å². The normalized spacial score (nSPS) is 18.2. The fourth-order valence-corrected chi connectivity index (χ4v) is 5.74. The van der Waals surface area contributed by atoms with Crippen molar-refractivity contribution in [2.75, 3.05) is 14.9 Å². The molecule has 7 heteroatoms. The lowest BCUT2D eigenvalue weighted by atomic mass is 9.93. The van der Waals surface area contributed by atoms with Gasteiger partial charge < -0.3 is 10.6 Å². The maximum absolute atomic E-state index is 13.6. The van der Waals surface area contributed by atoms with Gasteiger partial charge in [0.1, 0.15) is 0 Å². The maximum Gasteiger partial charge on any atom is 0.264 e. The second kappa shape index (κ2) is 8.43. The molecule has 0 aromatic heterocycles. The monoisotopic (exact) mass is 435 g/mol. The molecule has 0 fully saturated rings. The molecule has 1 aliphatic rings. The van der Waals surface area contributed by atoms with Crippen LogP contribution in [0.2, 0.25) is 0 Å². The minimum absolute atomic E-state index is 0.00203. The van der Waals surface area contributed by atoms with E-state index < -0.39 is 10.0 Å². The highest BCUT2D eigenvalue weighted by Crippen LogP contribution is 2.41. The van der Waals surface area contributed by atoms with Crippen LogP contribution < -0.4 is 14.9 Å². The quantitative estimate of drug-likeness (QED) is 0.604. The molecule has 0 saturated carbocycles. The first-order valence-electron chi connectivity index (χ1n) is 10.2. The summed E-state index contributed by atoms with van der Waals surface area (Å²) in [4.78, 5) is 11.4. The summed E-state index contributed by atoms with van der Waals surface area (Å²) in [5.41, 5.74) is 3.19. The van der Waals surface area contributed by atoms with Gasteiger partial charge in [-0.05, 0) is 61.4 Å². The van der Waals surface area contributed by atoms with Gasteiger partial charge in [0.25, 0.3) is 10.0 Å². The van der Waals surface area contributed by atoms with Gasteiger partial charge in [0.15, 0.2) is 0 Å². The van der Waals surface area contributed by atoms with Crippen molar-refractivity contribution in [1.82, 2.24) is 0 Å². The highest BCUT2D eigenvalue weighted by atomic mass is 32.2. The van der Waals surface area contributed by atoms with Crippen LogP contribution in [0.15, 0.2) is 83.8 Å². The van der Waals surface area contributed by atoms with Crippen LogP contribution in [0.3, 0.4) is 0 Å². The Morgan fingerprint density at radius 3 is 2.23 bits per heavy atom. The average Bonchev–Trinajstić information content (AvgIpc) is 2.74. The minimum atomic E-state index is -3.77. The van der Waals surface area contributed by atoms with Crippen molar-refractivity contribution in [3.8, 4) is 0 Å². The molecule has 2 atom stereocenters. The Labute approximate surface area is 183 Å². The van der Waals surface area contributed by atoms with Crippen LogP contribution >= 0.6 is 0 Å². The SMILES string of the molecule is CC(=O)Nc1ccc(S(=O)(=O)N2c3ccccc3[C@H](Nc3ccccc3)C[C@H]2C)cc1. The summed E-state index contributed by atoms with van der Waals surface area (Å²) in [5.74, 6) is -0.203. The van der Waals surface area contributed by atoms with Gasteiger partial charge in [-0.2, -0.15) is 0 Å². The number of nitrogens with zero attached hydrogens (tertiary/aromatic N) is 1. The molecule has 0 saturated heterocycles. The standard InChI is InChI=1S/C24H25N3O3S/c1-17-16-23(26-19-8-4-3-5-9-19)22-10-6-7-11-24(22)27(17)31(29,30)21-14-12-20(13-15-21)25-18(2)28/h3-15,17,23,26H,16H2,1-2H3,(H,25,28)/t17-,23-/m1/s1. The van der Waals surface area contributed by atoms with Crippen molar-refractivity contribution in [2.24, 2.45) is 0 Å². The zero-order valence-electron chi connectivity index (χ0n) is 17.4. The van der Waals surface area contributed by atoms with Crippen molar-refractivity contribution in [1.29, 1.82) is 0 Å². The third kappa shape index (κ3) is 4.27. The van der Waals surface area contributed by atoms with Gasteiger partial charge in [-0.25, -0.2) is 8.42 Å². The molecule has 4 rings (SSSR count). The number of hydrogen-bond acceptors (Lipinski definition) is 4. The summed E-state index contributed by atoms with van der Waals surface area (Å²) in [6.45, 7) is 3.34. The third-order valence-corrected chi connectivity index (χ3v) is 7.32. The van der Waals surface area contributed by atoms with E-state index in [9.17, 15) is 13.2 Å². The van der Waals surface area contributed by atoms with E-state index in [4.69, 9.17) is 0 Å². The van der Waals surface area contributed by atoms with E-state index in [1.165, 1.54) is 23.4 Å².